The van der Waals surface area contributed by atoms with Crippen LogP contribution in [0.3, 0.4) is 0 Å². The summed E-state index contributed by atoms with van der Waals surface area (Å²) in [6.07, 6.45) is 3.49. The first-order chi connectivity index (χ1) is 8.83. The second-order valence-corrected chi connectivity index (χ2v) is 4.81. The molecule has 3 nitrogen and oxygen atoms in total. The molecule has 0 saturated carbocycles. The van der Waals surface area contributed by atoms with Gasteiger partial charge in [0.25, 0.3) is 0 Å². The van der Waals surface area contributed by atoms with E-state index in [-0.39, 0.29) is 6.23 Å². The fraction of sp³-hybridized carbons (Fsp3) is 0.600. The Labute approximate surface area is 109 Å². The molecule has 1 aromatic rings. The zero-order valence-corrected chi connectivity index (χ0v) is 11.1. The molecule has 0 aromatic heterocycles. The van der Waals surface area contributed by atoms with Crippen LogP contribution in [0.2, 0.25) is 0 Å². The largest absolute Gasteiger partial charge is 0.381 e. The Morgan fingerprint density at radius 1 is 1.33 bits per heavy atom. The van der Waals surface area contributed by atoms with E-state index in [0.29, 0.717) is 0 Å². The summed E-state index contributed by atoms with van der Waals surface area (Å²) >= 11 is 0. The first-order valence-corrected chi connectivity index (χ1v) is 6.93. The first kappa shape index (κ1) is 13.4. The fourth-order valence-electron chi connectivity index (χ4n) is 2.46. The minimum absolute atomic E-state index is 0.342. The van der Waals surface area contributed by atoms with Crippen molar-refractivity contribution in [1.29, 1.82) is 0 Å². The zero-order valence-electron chi connectivity index (χ0n) is 11.1. The van der Waals surface area contributed by atoms with Crippen LogP contribution in [0.15, 0.2) is 24.3 Å². The third-order valence-electron chi connectivity index (χ3n) is 3.37. The number of hydrogen-bond acceptors (Lipinski definition) is 3. The number of fused-ring (bicyclic) bond motifs is 1. The monoisotopic (exact) mass is 249 g/mol. The number of para-hydroxylation sites is 1. The van der Waals surface area contributed by atoms with Crippen LogP contribution in [0.25, 0.3) is 0 Å². The molecule has 0 saturated heterocycles. The summed E-state index contributed by atoms with van der Waals surface area (Å²) in [5.74, 6) is 0. The topological polar surface area (TPSA) is 32.7 Å². The molecule has 1 aromatic carbocycles. The first-order valence-electron chi connectivity index (χ1n) is 6.93. The number of rotatable bonds is 6. The van der Waals surface area contributed by atoms with Crippen LogP contribution < -0.4 is 4.90 Å². The van der Waals surface area contributed by atoms with Gasteiger partial charge in [-0.3, -0.25) is 0 Å². The number of aliphatic hydroxyl groups excluding tert-OH is 1. The van der Waals surface area contributed by atoms with Crippen molar-refractivity contribution in [2.45, 2.75) is 38.8 Å². The molecule has 1 aliphatic rings. The third-order valence-corrected chi connectivity index (χ3v) is 3.37. The highest BCUT2D eigenvalue weighted by atomic mass is 16.5. The Bertz CT molecular complexity index is 367. The number of aryl methyl sites for hydroxylation is 1. The van der Waals surface area contributed by atoms with Gasteiger partial charge in [-0.1, -0.05) is 25.1 Å². The average Bonchev–Trinajstić information content (AvgIpc) is 2.41. The summed E-state index contributed by atoms with van der Waals surface area (Å²) in [7, 11) is 0. The standard InChI is InChI=1S/C15H23NO2/c1-2-11-18-12-5-10-16-14-7-4-3-6-13(14)8-9-15(16)17/h3-4,6-7,15,17H,2,5,8-12H2,1H3. The molecule has 0 aliphatic carbocycles. The van der Waals surface area contributed by atoms with E-state index in [1.54, 1.807) is 0 Å². The highest BCUT2D eigenvalue weighted by Crippen LogP contribution is 2.29. The molecular formula is C15H23NO2. The lowest BCUT2D eigenvalue weighted by Crippen LogP contribution is -2.40. The van der Waals surface area contributed by atoms with Crippen molar-refractivity contribution >= 4 is 5.69 Å². The van der Waals surface area contributed by atoms with Crippen molar-refractivity contribution in [2.24, 2.45) is 0 Å². The Hall–Kier alpha value is -1.06. The van der Waals surface area contributed by atoms with E-state index in [1.807, 2.05) is 6.07 Å². The molecule has 0 bridgehead atoms. The summed E-state index contributed by atoms with van der Waals surface area (Å²) in [4.78, 5) is 2.11. The maximum atomic E-state index is 10.1. The highest BCUT2D eigenvalue weighted by molar-refractivity contribution is 5.55. The van der Waals surface area contributed by atoms with E-state index in [9.17, 15) is 5.11 Å². The van der Waals surface area contributed by atoms with Crippen LogP contribution in [0.1, 0.15) is 31.7 Å². The van der Waals surface area contributed by atoms with Crippen molar-refractivity contribution in [2.75, 3.05) is 24.7 Å². The molecule has 1 N–H and O–H groups in total. The molecule has 100 valence electrons. The number of hydrogen-bond donors (Lipinski definition) is 1. The summed E-state index contributed by atoms with van der Waals surface area (Å²) in [5, 5.41) is 10.1. The maximum absolute atomic E-state index is 10.1. The van der Waals surface area contributed by atoms with E-state index < -0.39 is 0 Å². The quantitative estimate of drug-likeness (QED) is 0.787. The van der Waals surface area contributed by atoms with Crippen LogP contribution in [-0.2, 0) is 11.2 Å². The van der Waals surface area contributed by atoms with Gasteiger partial charge < -0.3 is 14.7 Å². The van der Waals surface area contributed by atoms with E-state index >= 15 is 0 Å². The lowest BCUT2D eigenvalue weighted by atomic mass is 10.0. The van der Waals surface area contributed by atoms with Gasteiger partial charge in [-0.2, -0.15) is 0 Å². The van der Waals surface area contributed by atoms with Gasteiger partial charge in [0.15, 0.2) is 0 Å². The van der Waals surface area contributed by atoms with Gasteiger partial charge in [-0.15, -0.1) is 0 Å². The summed E-state index contributed by atoms with van der Waals surface area (Å²) in [5.41, 5.74) is 2.53. The maximum Gasteiger partial charge on any atom is 0.127 e. The molecule has 0 radical (unpaired) electrons. The molecule has 0 fully saturated rings. The van der Waals surface area contributed by atoms with Crippen molar-refractivity contribution in [3.05, 3.63) is 29.8 Å². The molecule has 1 unspecified atom stereocenters. The predicted molar refractivity (Wildman–Crippen MR) is 73.8 cm³/mol. The molecule has 2 rings (SSSR count). The summed E-state index contributed by atoms with van der Waals surface area (Å²) < 4.78 is 5.49. The molecule has 1 aliphatic heterocycles. The van der Waals surface area contributed by atoms with Gasteiger partial charge >= 0.3 is 0 Å². The summed E-state index contributed by atoms with van der Waals surface area (Å²) in [6, 6.07) is 8.36. The lowest BCUT2D eigenvalue weighted by molar-refractivity contribution is 0.123. The second kappa shape index (κ2) is 6.76. The average molecular weight is 249 g/mol. The number of nitrogens with zero attached hydrogens (tertiary/aromatic N) is 1. The van der Waals surface area contributed by atoms with Crippen molar-refractivity contribution in [1.82, 2.24) is 0 Å². The van der Waals surface area contributed by atoms with Crippen LogP contribution in [0.4, 0.5) is 5.69 Å². The molecule has 1 heterocycles. The number of ether oxygens (including phenoxy) is 1. The minimum atomic E-state index is -0.342. The molecule has 3 heteroatoms. The van der Waals surface area contributed by atoms with Crippen molar-refractivity contribution < 1.29 is 9.84 Å². The van der Waals surface area contributed by atoms with Gasteiger partial charge in [0.1, 0.15) is 6.23 Å². The lowest BCUT2D eigenvalue weighted by Gasteiger charge is -2.35. The van der Waals surface area contributed by atoms with E-state index in [2.05, 4.69) is 30.0 Å². The second-order valence-electron chi connectivity index (χ2n) is 4.81. The number of benzene rings is 1. The molecule has 1 atom stereocenters. The van der Waals surface area contributed by atoms with Crippen LogP contribution in [-0.4, -0.2) is 31.1 Å². The Morgan fingerprint density at radius 3 is 3.00 bits per heavy atom. The highest BCUT2D eigenvalue weighted by Gasteiger charge is 2.23. The van der Waals surface area contributed by atoms with Gasteiger partial charge in [0.05, 0.1) is 0 Å². The normalized spacial score (nSPS) is 18.8. The predicted octanol–water partition coefficient (Wildman–Crippen LogP) is 2.57. The Balaban J connectivity index is 1.90. The zero-order chi connectivity index (χ0) is 12.8. The van der Waals surface area contributed by atoms with Crippen LogP contribution >= 0.6 is 0 Å². The van der Waals surface area contributed by atoms with Crippen LogP contribution in [0.5, 0.6) is 0 Å². The van der Waals surface area contributed by atoms with Gasteiger partial charge in [0.2, 0.25) is 0 Å². The molecule has 18 heavy (non-hydrogen) atoms. The van der Waals surface area contributed by atoms with Gasteiger partial charge in [0, 0.05) is 25.4 Å². The molecule has 0 amide bonds. The van der Waals surface area contributed by atoms with Crippen molar-refractivity contribution in [3.63, 3.8) is 0 Å². The van der Waals surface area contributed by atoms with Gasteiger partial charge in [-0.25, -0.2) is 0 Å². The van der Waals surface area contributed by atoms with Gasteiger partial charge in [-0.05, 0) is 37.3 Å². The Kier molecular flexibility index (Phi) is 5.02. The minimum Gasteiger partial charge on any atom is -0.381 e. The van der Waals surface area contributed by atoms with E-state index in [4.69, 9.17) is 4.74 Å². The fourth-order valence-corrected chi connectivity index (χ4v) is 2.46. The summed E-state index contributed by atoms with van der Waals surface area (Å²) in [6.45, 7) is 4.59. The van der Waals surface area contributed by atoms with E-state index in [0.717, 1.165) is 45.4 Å². The van der Waals surface area contributed by atoms with Crippen molar-refractivity contribution in [3.8, 4) is 0 Å². The van der Waals surface area contributed by atoms with Crippen LogP contribution in [0, 0.1) is 0 Å². The third kappa shape index (κ3) is 3.24. The smallest absolute Gasteiger partial charge is 0.127 e. The Morgan fingerprint density at radius 2 is 2.17 bits per heavy atom. The SMILES string of the molecule is CCCOCCCN1c2ccccc2CCC1O. The van der Waals surface area contributed by atoms with E-state index in [1.165, 1.54) is 11.3 Å². The number of anilines is 1. The molecule has 0 spiro atoms. The molecular weight excluding hydrogens is 226 g/mol. The number of aliphatic hydroxyl groups is 1.